The van der Waals surface area contributed by atoms with Crippen molar-refractivity contribution >= 4 is 36.7 Å². The molecule has 0 aromatic rings. The maximum atomic E-state index is 13.2. The lowest BCUT2D eigenvalue weighted by Gasteiger charge is -2.31. The van der Waals surface area contributed by atoms with Gasteiger partial charge in [-0.1, -0.05) is 0 Å². The average Bonchev–Trinajstić information content (AvgIpc) is 3.27. The number of methoxy groups -OCH3 is 1. The number of amides is 3. The summed E-state index contributed by atoms with van der Waals surface area (Å²) in [4.78, 5) is 72.3. The Morgan fingerprint density at radius 2 is 1.68 bits per heavy atom. The van der Waals surface area contributed by atoms with Gasteiger partial charge in [0.05, 0.1) is 45.1 Å². The third kappa shape index (κ3) is 11.9. The maximum Gasteiger partial charge on any atom is 0.412 e. The lowest BCUT2D eigenvalue weighted by atomic mass is 9.88. The van der Waals surface area contributed by atoms with Gasteiger partial charge in [-0.15, -0.1) is 0 Å². The van der Waals surface area contributed by atoms with E-state index in [1.165, 1.54) is 31.2 Å². The van der Waals surface area contributed by atoms with Crippen molar-refractivity contribution in [1.82, 2.24) is 20.6 Å². The number of carbonyl (C=O) groups is 5. The van der Waals surface area contributed by atoms with Crippen LogP contribution in [-0.2, 0) is 33.4 Å². The zero-order chi connectivity index (χ0) is 30.7. The van der Waals surface area contributed by atoms with Gasteiger partial charge in [-0.05, 0) is 47.5 Å². The number of hydrogen-bond donors (Lipinski definition) is 2. The van der Waals surface area contributed by atoms with E-state index >= 15 is 0 Å². The minimum Gasteiger partial charge on any atom is -0.469 e. The van der Waals surface area contributed by atoms with Gasteiger partial charge in [0, 0.05) is 33.0 Å². The predicted octanol–water partition coefficient (Wildman–Crippen LogP) is 1.52. The Morgan fingerprint density at radius 1 is 1.02 bits per heavy atom. The number of aliphatic imine (C=N–C) groups is 1. The van der Waals surface area contributed by atoms with Crippen LogP contribution in [0.25, 0.3) is 0 Å². The maximum absolute atomic E-state index is 13.2. The lowest BCUT2D eigenvalue weighted by molar-refractivity contribution is -0.145. The summed E-state index contributed by atoms with van der Waals surface area (Å²) in [7, 11) is 5.96. The minimum absolute atomic E-state index is 0.00192. The highest BCUT2D eigenvalue weighted by atomic mass is 16.7. The number of nitrogens with zero attached hydrogens (tertiary/aromatic N) is 3. The molecule has 0 aliphatic heterocycles. The van der Waals surface area contributed by atoms with Gasteiger partial charge in [0.2, 0.25) is 6.41 Å². The van der Waals surface area contributed by atoms with Crippen LogP contribution >= 0.6 is 0 Å². The van der Waals surface area contributed by atoms with Crippen LogP contribution in [0.2, 0.25) is 0 Å². The molecule has 40 heavy (non-hydrogen) atoms. The zero-order valence-electron chi connectivity index (χ0n) is 25.0. The second-order valence-electron chi connectivity index (χ2n) is 11.3. The normalized spacial score (nSPS) is 20.1. The molecule has 1 rings (SSSR count). The van der Waals surface area contributed by atoms with Crippen molar-refractivity contribution in [2.24, 2.45) is 16.8 Å². The highest BCUT2D eigenvalue weighted by molar-refractivity contribution is 5.87. The molecule has 4 atom stereocenters. The summed E-state index contributed by atoms with van der Waals surface area (Å²) in [6, 6.07) is -1.41. The van der Waals surface area contributed by atoms with Gasteiger partial charge in [-0.25, -0.2) is 9.59 Å². The van der Waals surface area contributed by atoms with Crippen molar-refractivity contribution in [3.63, 3.8) is 0 Å². The fourth-order valence-corrected chi connectivity index (χ4v) is 4.36. The topological polar surface area (TPSA) is 165 Å². The molecule has 3 amide bonds. The first-order valence-electron chi connectivity index (χ1n) is 13.0. The largest absolute Gasteiger partial charge is 0.469 e. The van der Waals surface area contributed by atoms with Crippen molar-refractivity contribution in [2.45, 2.75) is 77.2 Å². The predicted molar refractivity (Wildman–Crippen MR) is 145 cm³/mol. The SMILES string of the molecule is COC(=O)C1C[C@H](N=CNC(=O)OC(C)(C)CNC(=O)OC(C)(C)C)[C@H](C(C(=O)CCN(C)OC)N(C)C=O)C1. The smallest absolute Gasteiger partial charge is 0.412 e. The van der Waals surface area contributed by atoms with E-state index in [0.717, 1.165) is 6.34 Å². The van der Waals surface area contributed by atoms with Gasteiger partial charge in [0.15, 0.2) is 5.78 Å². The number of ether oxygens (including phenoxy) is 3. The Hall–Kier alpha value is -3.26. The second kappa shape index (κ2) is 15.5. The summed E-state index contributed by atoms with van der Waals surface area (Å²) in [6.07, 6.45) is 0.910. The molecule has 1 aliphatic carbocycles. The summed E-state index contributed by atoms with van der Waals surface area (Å²) >= 11 is 0. The molecule has 14 heteroatoms. The van der Waals surface area contributed by atoms with Crippen molar-refractivity contribution in [3.8, 4) is 0 Å². The van der Waals surface area contributed by atoms with E-state index in [-0.39, 0.29) is 31.6 Å². The van der Waals surface area contributed by atoms with Crippen molar-refractivity contribution in [3.05, 3.63) is 0 Å². The number of likely N-dealkylation sites (N-methyl/N-ethyl adjacent to an activating group) is 1. The zero-order valence-corrected chi connectivity index (χ0v) is 25.0. The highest BCUT2D eigenvalue weighted by Gasteiger charge is 2.45. The van der Waals surface area contributed by atoms with Crippen LogP contribution in [0.1, 0.15) is 53.9 Å². The van der Waals surface area contributed by atoms with Gasteiger partial charge >= 0.3 is 18.2 Å². The molecule has 2 N–H and O–H groups in total. The van der Waals surface area contributed by atoms with Gasteiger partial charge < -0.3 is 29.3 Å². The fourth-order valence-electron chi connectivity index (χ4n) is 4.36. The van der Waals surface area contributed by atoms with Crippen LogP contribution in [0.3, 0.4) is 0 Å². The first-order valence-corrected chi connectivity index (χ1v) is 13.0. The number of hydrogen-bond acceptors (Lipinski definition) is 11. The van der Waals surface area contributed by atoms with Crippen molar-refractivity contribution in [1.29, 1.82) is 0 Å². The molecule has 1 saturated carbocycles. The van der Waals surface area contributed by atoms with Crippen LogP contribution in [-0.4, -0.2) is 111 Å². The Balaban J connectivity index is 2.93. The van der Waals surface area contributed by atoms with Gasteiger partial charge in [-0.2, -0.15) is 5.06 Å². The molecule has 0 heterocycles. The molecule has 228 valence electrons. The minimum atomic E-state index is -1.07. The van der Waals surface area contributed by atoms with Crippen LogP contribution in [0.4, 0.5) is 9.59 Å². The van der Waals surface area contributed by atoms with E-state index < -0.39 is 53.3 Å². The summed E-state index contributed by atoms with van der Waals surface area (Å²) in [5, 5.41) is 6.48. The van der Waals surface area contributed by atoms with Gasteiger partial charge in [0.25, 0.3) is 0 Å². The number of esters is 1. The van der Waals surface area contributed by atoms with Crippen molar-refractivity contribution in [2.75, 3.05) is 41.4 Å². The summed E-state index contributed by atoms with van der Waals surface area (Å²) < 4.78 is 15.5. The summed E-state index contributed by atoms with van der Waals surface area (Å²) in [5.41, 5.74) is -1.74. The number of carbonyl (C=O) groups excluding carboxylic acids is 5. The number of hydroxylamine groups is 2. The summed E-state index contributed by atoms with van der Waals surface area (Å²) in [6.45, 7) is 8.74. The second-order valence-corrected chi connectivity index (χ2v) is 11.3. The van der Waals surface area contributed by atoms with E-state index in [1.54, 1.807) is 41.7 Å². The number of ketones is 1. The fraction of sp³-hybridized carbons (Fsp3) is 0.769. The van der Waals surface area contributed by atoms with Crippen LogP contribution in [0, 0.1) is 11.8 Å². The number of nitrogens with one attached hydrogen (secondary N) is 2. The number of Topliss-reactive ketones (excluding diaryl/α,β-unsaturated/α-hetero) is 1. The Morgan fingerprint density at radius 3 is 2.23 bits per heavy atom. The Labute approximate surface area is 236 Å². The van der Waals surface area contributed by atoms with E-state index in [4.69, 9.17) is 19.0 Å². The van der Waals surface area contributed by atoms with Crippen LogP contribution < -0.4 is 10.6 Å². The third-order valence-electron chi connectivity index (χ3n) is 6.31. The quantitative estimate of drug-likeness (QED) is 0.0780. The van der Waals surface area contributed by atoms with E-state index in [2.05, 4.69) is 15.6 Å². The standard InChI is InChI=1S/C26H45N5O9/c1-25(2,3)39-23(35)27-14-26(4,5)40-24(36)29-15-28-19-13-17(22(34)37-8)12-18(19)21(30(6)16-32)20(33)10-11-31(7)38-9/h15-19,21H,10-14H2,1-9H3,(H,27,35)(H,28,29,36)/t17?,18-,19+,21?/m1/s1. The van der Waals surface area contributed by atoms with Crippen LogP contribution in [0.5, 0.6) is 0 Å². The third-order valence-corrected chi connectivity index (χ3v) is 6.31. The monoisotopic (exact) mass is 571 g/mol. The molecule has 0 spiro atoms. The van der Waals surface area contributed by atoms with Gasteiger partial charge in [-0.3, -0.25) is 24.7 Å². The average molecular weight is 572 g/mol. The molecule has 0 saturated heterocycles. The molecule has 0 bridgehead atoms. The van der Waals surface area contributed by atoms with Gasteiger partial charge in [0.1, 0.15) is 11.2 Å². The first-order chi connectivity index (χ1) is 18.5. The van der Waals surface area contributed by atoms with E-state index in [9.17, 15) is 24.0 Å². The van der Waals surface area contributed by atoms with Crippen LogP contribution in [0.15, 0.2) is 4.99 Å². The molecule has 2 unspecified atom stereocenters. The molecule has 0 aromatic heterocycles. The summed E-state index contributed by atoms with van der Waals surface area (Å²) in [5.74, 6) is -1.67. The first kappa shape index (κ1) is 34.8. The molecule has 14 nitrogen and oxygen atoms in total. The Kier molecular flexibility index (Phi) is 13.5. The molecule has 1 fully saturated rings. The highest BCUT2D eigenvalue weighted by Crippen LogP contribution is 2.38. The number of rotatable bonds is 14. The van der Waals surface area contributed by atoms with Crippen molar-refractivity contribution < 1.29 is 43.0 Å². The Bertz CT molecular complexity index is 919. The molecule has 0 radical (unpaired) electrons. The molecular weight excluding hydrogens is 526 g/mol. The molecule has 1 aliphatic rings. The lowest BCUT2D eigenvalue weighted by Crippen LogP contribution is -2.47. The van der Waals surface area contributed by atoms with E-state index in [0.29, 0.717) is 13.0 Å². The molecule has 0 aromatic carbocycles. The molecular formula is C26H45N5O9. The number of alkyl carbamates (subject to hydrolysis) is 2. The van der Waals surface area contributed by atoms with E-state index in [1.807, 2.05) is 0 Å².